The van der Waals surface area contributed by atoms with Gasteiger partial charge in [0.05, 0.1) is 13.7 Å². The van der Waals surface area contributed by atoms with E-state index in [1.54, 1.807) is 31.4 Å². The number of fused-ring (bicyclic) bond motifs is 1. The van der Waals surface area contributed by atoms with E-state index in [1.165, 1.54) is 0 Å². The first-order chi connectivity index (χ1) is 8.17. The molecule has 0 saturated carbocycles. The van der Waals surface area contributed by atoms with E-state index in [0.717, 1.165) is 5.39 Å². The number of ether oxygens (including phenoxy) is 2. The predicted octanol–water partition coefficient (Wildman–Crippen LogP) is 3.61. The fourth-order valence-electron chi connectivity index (χ4n) is 1.80. The van der Waals surface area contributed by atoms with Gasteiger partial charge in [-0.15, -0.1) is 0 Å². The normalized spacial score (nSPS) is 10.5. The predicted molar refractivity (Wildman–Crippen MR) is 68.3 cm³/mol. The van der Waals surface area contributed by atoms with E-state index < -0.39 is 0 Å². The van der Waals surface area contributed by atoms with Crippen molar-refractivity contribution in [1.29, 1.82) is 0 Å². The molecule has 0 aliphatic rings. The van der Waals surface area contributed by atoms with E-state index in [9.17, 15) is 5.11 Å². The van der Waals surface area contributed by atoms with Gasteiger partial charge in [-0.3, -0.25) is 0 Å². The lowest BCUT2D eigenvalue weighted by Gasteiger charge is -2.13. The molecule has 0 atom stereocenters. The Morgan fingerprint density at radius 2 is 2.00 bits per heavy atom. The van der Waals surface area contributed by atoms with E-state index in [0.29, 0.717) is 28.5 Å². The van der Waals surface area contributed by atoms with Crippen molar-refractivity contribution in [3.05, 3.63) is 29.3 Å². The average molecular weight is 253 g/mol. The van der Waals surface area contributed by atoms with Gasteiger partial charge in [-0.1, -0.05) is 11.6 Å². The van der Waals surface area contributed by atoms with Gasteiger partial charge in [0.1, 0.15) is 5.75 Å². The Labute approximate surface area is 105 Å². The van der Waals surface area contributed by atoms with Gasteiger partial charge >= 0.3 is 0 Å². The standard InChI is InChI=1S/C13H13ClO3/c1-3-17-12-7-11(15)10-6-8(14)4-5-9(10)13(12)16-2/h4-7,15H,3H2,1-2H3. The van der Waals surface area contributed by atoms with Crippen LogP contribution in [-0.4, -0.2) is 18.8 Å². The molecule has 0 spiro atoms. The Kier molecular flexibility index (Phi) is 3.29. The highest BCUT2D eigenvalue weighted by Gasteiger charge is 2.13. The number of phenolic OH excluding ortho intramolecular Hbond substituents is 1. The molecule has 4 heteroatoms. The van der Waals surface area contributed by atoms with Crippen LogP contribution < -0.4 is 9.47 Å². The van der Waals surface area contributed by atoms with E-state index in [2.05, 4.69) is 0 Å². The summed E-state index contributed by atoms with van der Waals surface area (Å²) in [4.78, 5) is 0. The average Bonchev–Trinajstić information content (AvgIpc) is 2.31. The van der Waals surface area contributed by atoms with Crippen LogP contribution in [0.1, 0.15) is 6.92 Å². The van der Waals surface area contributed by atoms with Crippen molar-refractivity contribution in [2.24, 2.45) is 0 Å². The van der Waals surface area contributed by atoms with Gasteiger partial charge in [0.2, 0.25) is 0 Å². The molecular formula is C13H13ClO3. The molecular weight excluding hydrogens is 240 g/mol. The molecule has 1 N–H and O–H groups in total. The van der Waals surface area contributed by atoms with Gasteiger partial charge in [0.25, 0.3) is 0 Å². The second-order valence-electron chi connectivity index (χ2n) is 3.55. The van der Waals surface area contributed by atoms with E-state index in [4.69, 9.17) is 21.1 Å². The Morgan fingerprint density at radius 3 is 2.65 bits per heavy atom. The lowest BCUT2D eigenvalue weighted by molar-refractivity contribution is 0.311. The largest absolute Gasteiger partial charge is 0.507 e. The summed E-state index contributed by atoms with van der Waals surface area (Å²) < 4.78 is 10.8. The first-order valence-corrected chi connectivity index (χ1v) is 5.67. The maximum atomic E-state index is 9.93. The maximum absolute atomic E-state index is 9.93. The highest BCUT2D eigenvalue weighted by atomic mass is 35.5. The number of benzene rings is 2. The highest BCUT2D eigenvalue weighted by Crippen LogP contribution is 2.41. The summed E-state index contributed by atoms with van der Waals surface area (Å²) in [6.45, 7) is 2.39. The van der Waals surface area contributed by atoms with Gasteiger partial charge in [-0.2, -0.15) is 0 Å². The molecule has 0 aliphatic heterocycles. The fraction of sp³-hybridized carbons (Fsp3) is 0.231. The molecule has 3 nitrogen and oxygen atoms in total. The third-order valence-corrected chi connectivity index (χ3v) is 2.73. The van der Waals surface area contributed by atoms with Gasteiger partial charge in [-0.05, 0) is 25.1 Å². The second-order valence-corrected chi connectivity index (χ2v) is 3.99. The third-order valence-electron chi connectivity index (χ3n) is 2.50. The number of methoxy groups -OCH3 is 1. The Hall–Kier alpha value is -1.61. The summed E-state index contributed by atoms with van der Waals surface area (Å²) in [6.07, 6.45) is 0. The monoisotopic (exact) mass is 252 g/mol. The van der Waals surface area contributed by atoms with E-state index >= 15 is 0 Å². The first kappa shape index (κ1) is 11.9. The van der Waals surface area contributed by atoms with Crippen molar-refractivity contribution >= 4 is 22.4 Å². The first-order valence-electron chi connectivity index (χ1n) is 5.29. The quantitative estimate of drug-likeness (QED) is 0.907. The molecule has 0 aliphatic carbocycles. The zero-order valence-electron chi connectivity index (χ0n) is 9.66. The van der Waals surface area contributed by atoms with Gasteiger partial charge in [0.15, 0.2) is 11.5 Å². The van der Waals surface area contributed by atoms with Crippen molar-refractivity contribution in [1.82, 2.24) is 0 Å². The molecule has 2 aromatic carbocycles. The minimum absolute atomic E-state index is 0.131. The Bertz CT molecular complexity index is 552. The van der Waals surface area contributed by atoms with Crippen molar-refractivity contribution in [3.8, 4) is 17.2 Å². The molecule has 0 heterocycles. The molecule has 90 valence electrons. The van der Waals surface area contributed by atoms with Crippen LogP contribution in [0.5, 0.6) is 17.2 Å². The molecule has 0 saturated heterocycles. The molecule has 2 aromatic rings. The summed E-state index contributed by atoms with van der Waals surface area (Å²) in [5, 5.41) is 11.9. The highest BCUT2D eigenvalue weighted by molar-refractivity contribution is 6.31. The summed E-state index contributed by atoms with van der Waals surface area (Å²) >= 11 is 5.90. The molecule has 0 aromatic heterocycles. The zero-order valence-corrected chi connectivity index (χ0v) is 10.4. The van der Waals surface area contributed by atoms with Crippen LogP contribution in [0.25, 0.3) is 10.8 Å². The SMILES string of the molecule is CCOc1cc(O)c2cc(Cl)ccc2c1OC. The summed E-state index contributed by atoms with van der Waals surface area (Å²) in [7, 11) is 1.57. The smallest absolute Gasteiger partial charge is 0.168 e. The number of hydrogen-bond acceptors (Lipinski definition) is 3. The Morgan fingerprint density at radius 1 is 1.24 bits per heavy atom. The lowest BCUT2D eigenvalue weighted by Crippen LogP contribution is -1.96. The van der Waals surface area contributed by atoms with Crippen LogP contribution >= 0.6 is 11.6 Å². The van der Waals surface area contributed by atoms with Crippen LogP contribution in [-0.2, 0) is 0 Å². The minimum Gasteiger partial charge on any atom is -0.507 e. The van der Waals surface area contributed by atoms with Gasteiger partial charge in [-0.25, -0.2) is 0 Å². The van der Waals surface area contributed by atoms with Crippen molar-refractivity contribution in [3.63, 3.8) is 0 Å². The van der Waals surface area contributed by atoms with Crippen molar-refractivity contribution in [2.45, 2.75) is 6.92 Å². The van der Waals surface area contributed by atoms with Crippen molar-refractivity contribution < 1.29 is 14.6 Å². The van der Waals surface area contributed by atoms with Crippen LogP contribution in [0.2, 0.25) is 5.02 Å². The molecule has 0 amide bonds. The zero-order chi connectivity index (χ0) is 12.4. The van der Waals surface area contributed by atoms with Gasteiger partial charge in [0, 0.05) is 21.9 Å². The number of phenols is 1. The van der Waals surface area contributed by atoms with Crippen molar-refractivity contribution in [2.75, 3.05) is 13.7 Å². The summed E-state index contributed by atoms with van der Waals surface area (Å²) in [5.74, 6) is 1.27. The van der Waals surface area contributed by atoms with Gasteiger partial charge < -0.3 is 14.6 Å². The molecule has 17 heavy (non-hydrogen) atoms. The summed E-state index contributed by atoms with van der Waals surface area (Å²) in [5.41, 5.74) is 0. The minimum atomic E-state index is 0.131. The number of aromatic hydroxyl groups is 1. The third kappa shape index (κ3) is 2.11. The van der Waals surface area contributed by atoms with Crippen LogP contribution in [0, 0.1) is 0 Å². The van der Waals surface area contributed by atoms with E-state index in [-0.39, 0.29) is 5.75 Å². The number of halogens is 1. The fourth-order valence-corrected chi connectivity index (χ4v) is 1.97. The molecule has 0 radical (unpaired) electrons. The van der Waals surface area contributed by atoms with Crippen LogP contribution in [0.15, 0.2) is 24.3 Å². The molecule has 0 unspecified atom stereocenters. The number of rotatable bonds is 3. The summed E-state index contributed by atoms with van der Waals surface area (Å²) in [6, 6.07) is 6.80. The Balaban J connectivity index is 2.76. The van der Waals surface area contributed by atoms with E-state index in [1.807, 2.05) is 6.92 Å². The molecule has 0 bridgehead atoms. The molecule has 2 rings (SSSR count). The second kappa shape index (κ2) is 4.72. The number of hydrogen-bond donors (Lipinski definition) is 1. The molecule has 0 fully saturated rings. The lowest BCUT2D eigenvalue weighted by atomic mass is 10.1. The van der Waals surface area contributed by atoms with Crippen LogP contribution in [0.3, 0.4) is 0 Å². The maximum Gasteiger partial charge on any atom is 0.168 e. The topological polar surface area (TPSA) is 38.7 Å². The van der Waals surface area contributed by atoms with Crippen LogP contribution in [0.4, 0.5) is 0 Å².